The molecule has 2 heteroatoms. The Morgan fingerprint density at radius 2 is 1.18 bits per heavy atom. The van der Waals surface area contributed by atoms with Crippen LogP contribution < -0.4 is 5.32 Å². The number of nitriles is 1. The zero-order chi connectivity index (χ0) is 15.2. The molecule has 106 valence electrons. The van der Waals surface area contributed by atoms with Gasteiger partial charge in [-0.15, -0.1) is 0 Å². The second kappa shape index (κ2) is 6.60. The van der Waals surface area contributed by atoms with Crippen LogP contribution in [0, 0.1) is 11.3 Å². The first-order chi connectivity index (χ1) is 10.9. The molecule has 3 rings (SSSR count). The summed E-state index contributed by atoms with van der Waals surface area (Å²) >= 11 is 0. The number of benzene rings is 3. The van der Waals surface area contributed by atoms with Gasteiger partial charge in [0, 0.05) is 0 Å². The Bertz CT molecular complexity index is 734. The zero-order valence-corrected chi connectivity index (χ0v) is 12.1. The number of hydrogen-bond acceptors (Lipinski definition) is 2. The molecular formula is C20H16N2. The van der Waals surface area contributed by atoms with Crippen molar-refractivity contribution in [3.63, 3.8) is 0 Å². The molecule has 0 aliphatic carbocycles. The lowest BCUT2D eigenvalue weighted by Gasteiger charge is -2.21. The summed E-state index contributed by atoms with van der Waals surface area (Å²) in [6.45, 7) is 0. The molecule has 0 bridgehead atoms. The van der Waals surface area contributed by atoms with Crippen molar-refractivity contribution in [1.29, 1.82) is 5.26 Å². The quantitative estimate of drug-likeness (QED) is 0.749. The monoisotopic (exact) mass is 284 g/mol. The van der Waals surface area contributed by atoms with Gasteiger partial charge in [0.2, 0.25) is 0 Å². The van der Waals surface area contributed by atoms with Crippen LogP contribution in [0.2, 0.25) is 0 Å². The predicted octanol–water partition coefficient (Wildman–Crippen LogP) is 4.76. The molecule has 0 aliphatic rings. The van der Waals surface area contributed by atoms with Gasteiger partial charge in [-0.1, -0.05) is 72.8 Å². The van der Waals surface area contributed by atoms with Crippen LogP contribution in [-0.4, -0.2) is 0 Å². The molecular weight excluding hydrogens is 268 g/mol. The molecule has 0 atom stereocenters. The highest BCUT2D eigenvalue weighted by atomic mass is 14.9. The molecule has 0 saturated carbocycles. The molecule has 0 radical (unpaired) electrons. The van der Waals surface area contributed by atoms with Crippen molar-refractivity contribution in [2.75, 3.05) is 5.32 Å². The van der Waals surface area contributed by atoms with Crippen LogP contribution in [0.25, 0.3) is 0 Å². The topological polar surface area (TPSA) is 35.8 Å². The fraction of sp³-hybridized carbons (Fsp3) is 0.0500. The maximum absolute atomic E-state index is 9.28. The van der Waals surface area contributed by atoms with E-state index in [-0.39, 0.29) is 6.04 Å². The van der Waals surface area contributed by atoms with E-state index in [1.54, 1.807) is 0 Å². The average Bonchev–Trinajstić information content (AvgIpc) is 2.61. The lowest BCUT2D eigenvalue weighted by Crippen LogP contribution is -2.13. The van der Waals surface area contributed by atoms with Gasteiger partial charge in [0.1, 0.15) is 6.07 Å². The highest BCUT2D eigenvalue weighted by molar-refractivity contribution is 5.59. The van der Waals surface area contributed by atoms with Gasteiger partial charge in [0.05, 0.1) is 17.3 Å². The van der Waals surface area contributed by atoms with E-state index in [4.69, 9.17) is 0 Å². The molecule has 3 aromatic carbocycles. The Morgan fingerprint density at radius 1 is 0.682 bits per heavy atom. The number of nitrogens with zero attached hydrogens (tertiary/aromatic N) is 1. The summed E-state index contributed by atoms with van der Waals surface area (Å²) in [5.41, 5.74) is 3.84. The van der Waals surface area contributed by atoms with Gasteiger partial charge in [-0.05, 0) is 23.3 Å². The summed E-state index contributed by atoms with van der Waals surface area (Å²) in [7, 11) is 0. The van der Waals surface area contributed by atoms with E-state index in [2.05, 4.69) is 35.7 Å². The largest absolute Gasteiger partial charge is 0.373 e. The normalized spacial score (nSPS) is 10.2. The molecule has 0 aromatic heterocycles. The molecule has 2 nitrogen and oxygen atoms in total. The Morgan fingerprint density at radius 3 is 1.73 bits per heavy atom. The lowest BCUT2D eigenvalue weighted by atomic mass is 9.98. The van der Waals surface area contributed by atoms with Gasteiger partial charge >= 0.3 is 0 Å². The molecule has 0 spiro atoms. The zero-order valence-electron chi connectivity index (χ0n) is 12.1. The van der Waals surface area contributed by atoms with E-state index in [1.807, 2.05) is 60.7 Å². The summed E-state index contributed by atoms with van der Waals surface area (Å²) in [5, 5.41) is 12.8. The van der Waals surface area contributed by atoms with Crippen molar-refractivity contribution in [2.45, 2.75) is 6.04 Å². The summed E-state index contributed by atoms with van der Waals surface area (Å²) in [4.78, 5) is 0. The molecule has 0 unspecified atom stereocenters. The molecule has 3 aromatic rings. The standard InChI is InChI=1S/C20H16N2/c21-15-18-13-7-8-14-19(18)22-20(16-9-3-1-4-10-16)17-11-5-2-6-12-17/h1-14,20,22H. The van der Waals surface area contributed by atoms with Crippen LogP contribution in [0.15, 0.2) is 84.9 Å². The van der Waals surface area contributed by atoms with Crippen molar-refractivity contribution in [3.8, 4) is 6.07 Å². The second-order valence-electron chi connectivity index (χ2n) is 5.06. The summed E-state index contributed by atoms with van der Waals surface area (Å²) in [6.07, 6.45) is 0. The van der Waals surface area contributed by atoms with E-state index >= 15 is 0 Å². The van der Waals surface area contributed by atoms with E-state index < -0.39 is 0 Å². The number of para-hydroxylation sites is 1. The number of nitrogens with one attached hydrogen (secondary N) is 1. The summed E-state index contributed by atoms with van der Waals surface area (Å²) in [6, 6.07) is 30.4. The Kier molecular flexibility index (Phi) is 4.17. The van der Waals surface area contributed by atoms with Crippen LogP contribution in [0.4, 0.5) is 5.69 Å². The van der Waals surface area contributed by atoms with E-state index in [0.29, 0.717) is 5.56 Å². The van der Waals surface area contributed by atoms with Crippen LogP contribution >= 0.6 is 0 Å². The minimum absolute atomic E-state index is 0.0110. The minimum Gasteiger partial charge on any atom is -0.373 e. The van der Waals surface area contributed by atoms with Crippen molar-refractivity contribution < 1.29 is 0 Å². The third kappa shape index (κ3) is 2.99. The number of anilines is 1. The first kappa shape index (κ1) is 13.9. The summed E-state index contributed by atoms with van der Waals surface area (Å²) in [5.74, 6) is 0. The van der Waals surface area contributed by atoms with Crippen molar-refractivity contribution >= 4 is 5.69 Å². The highest BCUT2D eigenvalue weighted by Gasteiger charge is 2.14. The van der Waals surface area contributed by atoms with Gasteiger partial charge in [-0.25, -0.2) is 0 Å². The maximum atomic E-state index is 9.28. The minimum atomic E-state index is 0.0110. The van der Waals surface area contributed by atoms with Gasteiger partial charge in [0.25, 0.3) is 0 Å². The third-order valence-electron chi connectivity index (χ3n) is 3.61. The van der Waals surface area contributed by atoms with Crippen LogP contribution in [0.1, 0.15) is 22.7 Å². The van der Waals surface area contributed by atoms with Gasteiger partial charge in [-0.3, -0.25) is 0 Å². The average molecular weight is 284 g/mol. The lowest BCUT2D eigenvalue weighted by molar-refractivity contribution is 0.938. The third-order valence-corrected chi connectivity index (χ3v) is 3.61. The van der Waals surface area contributed by atoms with Crippen LogP contribution in [0.3, 0.4) is 0 Å². The molecule has 22 heavy (non-hydrogen) atoms. The fourth-order valence-corrected chi connectivity index (χ4v) is 2.51. The smallest absolute Gasteiger partial charge is 0.101 e. The van der Waals surface area contributed by atoms with Gasteiger partial charge < -0.3 is 5.32 Å². The summed E-state index contributed by atoms with van der Waals surface area (Å²) < 4.78 is 0. The molecule has 0 fully saturated rings. The van der Waals surface area contributed by atoms with Crippen molar-refractivity contribution in [1.82, 2.24) is 0 Å². The maximum Gasteiger partial charge on any atom is 0.101 e. The first-order valence-electron chi connectivity index (χ1n) is 7.24. The Hall–Kier alpha value is -3.05. The number of hydrogen-bond donors (Lipinski definition) is 1. The van der Waals surface area contributed by atoms with E-state index in [1.165, 1.54) is 11.1 Å². The highest BCUT2D eigenvalue weighted by Crippen LogP contribution is 2.27. The second-order valence-corrected chi connectivity index (χ2v) is 5.06. The van der Waals surface area contributed by atoms with Crippen LogP contribution in [0.5, 0.6) is 0 Å². The molecule has 0 amide bonds. The van der Waals surface area contributed by atoms with E-state index in [9.17, 15) is 5.26 Å². The van der Waals surface area contributed by atoms with Crippen molar-refractivity contribution in [2.24, 2.45) is 0 Å². The first-order valence-corrected chi connectivity index (χ1v) is 7.24. The number of rotatable bonds is 4. The van der Waals surface area contributed by atoms with Gasteiger partial charge in [0.15, 0.2) is 0 Å². The Labute approximate surface area is 130 Å². The molecule has 0 saturated heterocycles. The Balaban J connectivity index is 2.02. The van der Waals surface area contributed by atoms with Gasteiger partial charge in [-0.2, -0.15) is 5.26 Å². The fourth-order valence-electron chi connectivity index (χ4n) is 2.51. The molecule has 1 N–H and O–H groups in total. The van der Waals surface area contributed by atoms with E-state index in [0.717, 1.165) is 5.69 Å². The molecule has 0 heterocycles. The van der Waals surface area contributed by atoms with Crippen molar-refractivity contribution in [3.05, 3.63) is 102 Å². The predicted molar refractivity (Wildman–Crippen MR) is 89.5 cm³/mol. The molecule has 0 aliphatic heterocycles. The van der Waals surface area contributed by atoms with Crippen LogP contribution in [-0.2, 0) is 0 Å². The SMILES string of the molecule is N#Cc1ccccc1NC(c1ccccc1)c1ccccc1.